The van der Waals surface area contributed by atoms with E-state index in [4.69, 9.17) is 4.74 Å². The predicted molar refractivity (Wildman–Crippen MR) is 89.9 cm³/mol. The maximum atomic E-state index is 5.80. The van der Waals surface area contributed by atoms with Gasteiger partial charge in [-0.3, -0.25) is 4.98 Å². The maximum absolute atomic E-state index is 5.80. The van der Waals surface area contributed by atoms with Gasteiger partial charge in [-0.15, -0.1) is 0 Å². The largest absolute Gasteiger partial charge is 0.494 e. The molecule has 3 aromatic rings. The molecule has 3 heteroatoms. The Kier molecular flexibility index (Phi) is 4.66. The van der Waals surface area contributed by atoms with Crippen LogP contribution in [0.4, 0.5) is 0 Å². The molecule has 3 nitrogen and oxygen atoms in total. The highest BCUT2D eigenvalue weighted by Crippen LogP contribution is 2.28. The van der Waals surface area contributed by atoms with E-state index in [1.807, 2.05) is 31.5 Å². The fourth-order valence-corrected chi connectivity index (χ4v) is 2.62. The van der Waals surface area contributed by atoms with Gasteiger partial charge in [0.1, 0.15) is 5.75 Å². The van der Waals surface area contributed by atoms with Crippen molar-refractivity contribution >= 4 is 10.8 Å². The van der Waals surface area contributed by atoms with E-state index in [0.29, 0.717) is 6.61 Å². The van der Waals surface area contributed by atoms with E-state index in [9.17, 15) is 0 Å². The van der Waals surface area contributed by atoms with Crippen molar-refractivity contribution in [1.82, 2.24) is 10.3 Å². The first-order valence-electron chi connectivity index (χ1n) is 7.61. The zero-order valence-corrected chi connectivity index (χ0v) is 12.8. The number of nitrogens with zero attached hydrogens (tertiary/aromatic N) is 1. The highest BCUT2D eigenvalue weighted by Gasteiger charge is 2.08. The van der Waals surface area contributed by atoms with E-state index in [1.54, 1.807) is 0 Å². The topological polar surface area (TPSA) is 34.1 Å². The summed E-state index contributed by atoms with van der Waals surface area (Å²) >= 11 is 0. The standard InChI is InChI=1S/C19H20N2O/c1-2-22-19-8-7-16-5-3-4-6-17(16)18(19)14-21-13-15-9-11-20-12-10-15/h3-12,21H,2,13-14H2,1H3. The highest BCUT2D eigenvalue weighted by molar-refractivity contribution is 5.87. The minimum absolute atomic E-state index is 0.676. The van der Waals surface area contributed by atoms with Crippen LogP contribution < -0.4 is 10.1 Å². The van der Waals surface area contributed by atoms with E-state index < -0.39 is 0 Å². The summed E-state index contributed by atoms with van der Waals surface area (Å²) in [6.07, 6.45) is 3.64. The molecule has 0 atom stereocenters. The number of pyridine rings is 1. The SMILES string of the molecule is CCOc1ccc2ccccc2c1CNCc1ccncc1. The third-order valence-corrected chi connectivity index (χ3v) is 3.68. The Labute approximate surface area is 131 Å². The molecule has 0 aliphatic rings. The average Bonchev–Trinajstić information content (AvgIpc) is 2.57. The first-order valence-corrected chi connectivity index (χ1v) is 7.61. The summed E-state index contributed by atoms with van der Waals surface area (Å²) in [5.74, 6) is 0.962. The van der Waals surface area contributed by atoms with Crippen LogP contribution in [0.1, 0.15) is 18.1 Å². The lowest BCUT2D eigenvalue weighted by atomic mass is 10.0. The Morgan fingerprint density at radius 3 is 2.59 bits per heavy atom. The van der Waals surface area contributed by atoms with Gasteiger partial charge in [-0.05, 0) is 41.5 Å². The van der Waals surface area contributed by atoms with Crippen molar-refractivity contribution in [2.24, 2.45) is 0 Å². The van der Waals surface area contributed by atoms with Gasteiger partial charge in [0.2, 0.25) is 0 Å². The van der Waals surface area contributed by atoms with E-state index in [-0.39, 0.29) is 0 Å². The molecule has 1 N–H and O–H groups in total. The van der Waals surface area contributed by atoms with E-state index in [0.717, 1.165) is 18.8 Å². The molecular formula is C19H20N2O. The summed E-state index contributed by atoms with van der Waals surface area (Å²) in [4.78, 5) is 4.04. The second-order valence-electron chi connectivity index (χ2n) is 5.16. The molecule has 112 valence electrons. The molecule has 0 spiro atoms. The molecule has 0 amide bonds. The third-order valence-electron chi connectivity index (χ3n) is 3.68. The molecule has 0 aliphatic heterocycles. The molecule has 0 saturated heterocycles. The molecule has 0 bridgehead atoms. The van der Waals surface area contributed by atoms with Crippen molar-refractivity contribution in [2.45, 2.75) is 20.0 Å². The van der Waals surface area contributed by atoms with Gasteiger partial charge >= 0.3 is 0 Å². The van der Waals surface area contributed by atoms with Gasteiger partial charge in [-0.1, -0.05) is 30.3 Å². The normalized spacial score (nSPS) is 10.8. The summed E-state index contributed by atoms with van der Waals surface area (Å²) in [6, 6.07) is 16.7. The van der Waals surface area contributed by atoms with Crippen LogP contribution in [-0.2, 0) is 13.1 Å². The van der Waals surface area contributed by atoms with Crippen molar-refractivity contribution in [1.29, 1.82) is 0 Å². The van der Waals surface area contributed by atoms with Gasteiger partial charge in [0, 0.05) is 31.0 Å². The van der Waals surface area contributed by atoms with Crippen LogP contribution in [0.3, 0.4) is 0 Å². The average molecular weight is 292 g/mol. The maximum Gasteiger partial charge on any atom is 0.124 e. The summed E-state index contributed by atoms with van der Waals surface area (Å²) < 4.78 is 5.80. The van der Waals surface area contributed by atoms with Crippen LogP contribution in [-0.4, -0.2) is 11.6 Å². The number of hydrogen-bond donors (Lipinski definition) is 1. The molecule has 0 fully saturated rings. The lowest BCUT2D eigenvalue weighted by molar-refractivity contribution is 0.336. The van der Waals surface area contributed by atoms with Gasteiger partial charge < -0.3 is 10.1 Å². The van der Waals surface area contributed by atoms with Gasteiger partial charge in [0.25, 0.3) is 0 Å². The van der Waals surface area contributed by atoms with E-state index in [2.05, 4.69) is 46.7 Å². The van der Waals surface area contributed by atoms with Gasteiger partial charge in [-0.25, -0.2) is 0 Å². The number of ether oxygens (including phenoxy) is 1. The van der Waals surface area contributed by atoms with Crippen molar-refractivity contribution in [3.8, 4) is 5.75 Å². The van der Waals surface area contributed by atoms with Gasteiger partial charge in [-0.2, -0.15) is 0 Å². The predicted octanol–water partition coefficient (Wildman–Crippen LogP) is 3.92. The molecule has 1 aromatic heterocycles. The lowest BCUT2D eigenvalue weighted by Gasteiger charge is -2.14. The zero-order valence-electron chi connectivity index (χ0n) is 12.8. The molecule has 3 rings (SSSR count). The fraction of sp³-hybridized carbons (Fsp3) is 0.211. The monoisotopic (exact) mass is 292 g/mol. The summed E-state index contributed by atoms with van der Waals surface area (Å²) in [7, 11) is 0. The first kappa shape index (κ1) is 14.5. The van der Waals surface area contributed by atoms with Crippen LogP contribution in [0.15, 0.2) is 60.9 Å². The Hall–Kier alpha value is -2.39. The summed E-state index contributed by atoms with van der Waals surface area (Å²) in [6.45, 7) is 4.29. The fourth-order valence-electron chi connectivity index (χ4n) is 2.62. The van der Waals surface area contributed by atoms with Crippen LogP contribution in [0, 0.1) is 0 Å². The van der Waals surface area contributed by atoms with Crippen molar-refractivity contribution in [3.05, 3.63) is 72.1 Å². The van der Waals surface area contributed by atoms with Crippen LogP contribution in [0.5, 0.6) is 5.75 Å². The highest BCUT2D eigenvalue weighted by atomic mass is 16.5. The van der Waals surface area contributed by atoms with Crippen molar-refractivity contribution in [3.63, 3.8) is 0 Å². The van der Waals surface area contributed by atoms with Crippen LogP contribution >= 0.6 is 0 Å². The number of hydrogen-bond acceptors (Lipinski definition) is 3. The first-order chi connectivity index (χ1) is 10.9. The number of fused-ring (bicyclic) bond motifs is 1. The van der Waals surface area contributed by atoms with E-state index >= 15 is 0 Å². The summed E-state index contributed by atoms with van der Waals surface area (Å²) in [5.41, 5.74) is 2.45. The molecule has 2 aromatic carbocycles. The lowest BCUT2D eigenvalue weighted by Crippen LogP contribution is -2.14. The molecule has 0 radical (unpaired) electrons. The number of nitrogens with one attached hydrogen (secondary N) is 1. The number of aromatic nitrogens is 1. The number of rotatable bonds is 6. The van der Waals surface area contributed by atoms with Crippen molar-refractivity contribution in [2.75, 3.05) is 6.61 Å². The Balaban J connectivity index is 1.82. The molecule has 22 heavy (non-hydrogen) atoms. The minimum atomic E-state index is 0.676. The van der Waals surface area contributed by atoms with Gasteiger partial charge in [0.05, 0.1) is 6.61 Å². The second kappa shape index (κ2) is 7.05. The van der Waals surface area contributed by atoms with Gasteiger partial charge in [0.15, 0.2) is 0 Å². The number of benzene rings is 2. The second-order valence-corrected chi connectivity index (χ2v) is 5.16. The minimum Gasteiger partial charge on any atom is -0.494 e. The summed E-state index contributed by atoms with van der Waals surface area (Å²) in [5, 5.41) is 5.99. The van der Waals surface area contributed by atoms with Crippen molar-refractivity contribution < 1.29 is 4.74 Å². The van der Waals surface area contributed by atoms with E-state index in [1.165, 1.54) is 21.9 Å². The Bertz CT molecular complexity index is 741. The zero-order chi connectivity index (χ0) is 15.2. The molecule has 1 heterocycles. The third kappa shape index (κ3) is 3.26. The molecule has 0 unspecified atom stereocenters. The molecule has 0 saturated carbocycles. The quantitative estimate of drug-likeness (QED) is 0.747. The van der Waals surface area contributed by atoms with Crippen LogP contribution in [0.25, 0.3) is 10.8 Å². The smallest absolute Gasteiger partial charge is 0.124 e. The molecule has 0 aliphatic carbocycles. The molecular weight excluding hydrogens is 272 g/mol. The van der Waals surface area contributed by atoms with Crippen LogP contribution in [0.2, 0.25) is 0 Å². The Morgan fingerprint density at radius 2 is 1.77 bits per heavy atom. The Morgan fingerprint density at radius 1 is 0.955 bits per heavy atom.